The van der Waals surface area contributed by atoms with Crippen molar-refractivity contribution in [3.8, 4) is 0 Å². The zero-order valence-corrected chi connectivity index (χ0v) is 14.6. The van der Waals surface area contributed by atoms with Crippen LogP contribution in [0.2, 0.25) is 10.0 Å². The maximum atomic E-state index is 11.9. The van der Waals surface area contributed by atoms with Gasteiger partial charge in [-0.15, -0.1) is 0 Å². The molecule has 0 aliphatic carbocycles. The van der Waals surface area contributed by atoms with Crippen molar-refractivity contribution in [2.45, 2.75) is 18.2 Å². The highest BCUT2D eigenvalue weighted by atomic mass is 35.5. The van der Waals surface area contributed by atoms with Crippen LogP contribution in [0.1, 0.15) is 6.92 Å². The lowest BCUT2D eigenvalue weighted by atomic mass is 10.2. The first-order valence-electron chi connectivity index (χ1n) is 6.48. The highest BCUT2D eigenvalue weighted by Crippen LogP contribution is 2.45. The van der Waals surface area contributed by atoms with Crippen molar-refractivity contribution in [2.24, 2.45) is 4.99 Å². The average molecular weight is 379 g/mol. The topological polar surface area (TPSA) is 66.8 Å². The number of amides is 1. The minimum atomic E-state index is -3.11. The summed E-state index contributed by atoms with van der Waals surface area (Å²) in [6.45, 7) is 1.35. The molecule has 22 heavy (non-hydrogen) atoms. The Labute approximate surface area is 142 Å². The molecular weight excluding hydrogens is 367 g/mol. The van der Waals surface area contributed by atoms with Crippen molar-refractivity contribution >= 4 is 61.6 Å². The van der Waals surface area contributed by atoms with E-state index in [0.29, 0.717) is 20.9 Å². The molecule has 3 rings (SSSR count). The number of thioether (sulfide) groups is 1. The van der Waals surface area contributed by atoms with Gasteiger partial charge in [0.1, 0.15) is 0 Å². The summed E-state index contributed by atoms with van der Waals surface area (Å²) in [6, 6.07) is 4.75. The summed E-state index contributed by atoms with van der Waals surface area (Å²) in [5, 5.41) is 1.08. The zero-order valence-electron chi connectivity index (χ0n) is 11.5. The number of fused-ring (bicyclic) bond motifs is 1. The van der Waals surface area contributed by atoms with E-state index < -0.39 is 9.84 Å². The summed E-state index contributed by atoms with van der Waals surface area (Å²) in [5.74, 6) is -0.278. The van der Waals surface area contributed by atoms with Crippen molar-refractivity contribution in [1.82, 2.24) is 0 Å². The van der Waals surface area contributed by atoms with Gasteiger partial charge in [-0.1, -0.05) is 41.0 Å². The van der Waals surface area contributed by atoms with Gasteiger partial charge in [0.05, 0.1) is 33.3 Å². The smallest absolute Gasteiger partial charge is 0.244 e. The lowest BCUT2D eigenvalue weighted by molar-refractivity contribution is -0.115. The second-order valence-corrected chi connectivity index (χ2v) is 9.33. The molecule has 0 N–H and O–H groups in total. The van der Waals surface area contributed by atoms with E-state index in [-0.39, 0.29) is 28.7 Å². The molecule has 0 bridgehead atoms. The summed E-state index contributed by atoms with van der Waals surface area (Å²) >= 11 is 13.8. The molecule has 2 aliphatic heterocycles. The molecule has 2 aliphatic rings. The molecule has 0 spiro atoms. The molecule has 0 radical (unpaired) electrons. The van der Waals surface area contributed by atoms with Gasteiger partial charge in [0.2, 0.25) is 5.91 Å². The fourth-order valence-electron chi connectivity index (χ4n) is 2.68. The van der Waals surface area contributed by atoms with Crippen LogP contribution >= 0.6 is 35.0 Å². The molecule has 2 saturated heterocycles. The molecule has 118 valence electrons. The first kappa shape index (κ1) is 16.1. The van der Waals surface area contributed by atoms with E-state index in [1.165, 1.54) is 18.7 Å². The van der Waals surface area contributed by atoms with E-state index in [9.17, 15) is 13.2 Å². The molecule has 1 aromatic rings. The molecule has 0 unspecified atom stereocenters. The predicted octanol–water partition coefficient (Wildman–Crippen LogP) is 2.61. The Bertz CT molecular complexity index is 759. The first-order valence-corrected chi connectivity index (χ1v) is 9.94. The quantitative estimate of drug-likeness (QED) is 0.751. The number of benzene rings is 1. The largest absolute Gasteiger partial charge is 0.313 e. The number of carbonyl (C=O) groups excluding carboxylic acids is 1. The van der Waals surface area contributed by atoms with Crippen LogP contribution in [0, 0.1) is 0 Å². The highest BCUT2D eigenvalue weighted by Gasteiger charge is 2.50. The van der Waals surface area contributed by atoms with Crippen LogP contribution in [-0.2, 0) is 14.6 Å². The van der Waals surface area contributed by atoms with Crippen LogP contribution in [-0.4, -0.2) is 42.3 Å². The zero-order chi connectivity index (χ0) is 16.1. The fourth-order valence-corrected chi connectivity index (χ4v) is 7.20. The molecule has 2 heterocycles. The minimum Gasteiger partial charge on any atom is -0.313 e. The molecule has 1 aromatic carbocycles. The van der Waals surface area contributed by atoms with Crippen LogP contribution in [0.15, 0.2) is 23.2 Å². The number of hydrogen-bond donors (Lipinski definition) is 0. The molecule has 2 atom stereocenters. The molecule has 1 amide bonds. The summed E-state index contributed by atoms with van der Waals surface area (Å²) in [4.78, 5) is 17.1. The van der Waals surface area contributed by atoms with Crippen LogP contribution in [0.25, 0.3) is 0 Å². The van der Waals surface area contributed by atoms with Crippen molar-refractivity contribution in [3.05, 3.63) is 28.2 Å². The van der Waals surface area contributed by atoms with Crippen LogP contribution in [0.5, 0.6) is 0 Å². The van der Waals surface area contributed by atoms with Gasteiger partial charge < -0.3 is 4.90 Å². The van der Waals surface area contributed by atoms with E-state index >= 15 is 0 Å². The van der Waals surface area contributed by atoms with Gasteiger partial charge in [0.25, 0.3) is 0 Å². The Kier molecular flexibility index (Phi) is 4.18. The third kappa shape index (κ3) is 2.87. The Morgan fingerprint density at radius 1 is 1.32 bits per heavy atom. The normalized spacial score (nSPS) is 28.1. The van der Waals surface area contributed by atoms with Gasteiger partial charge in [0, 0.05) is 12.2 Å². The fraction of sp³-hybridized carbons (Fsp3) is 0.385. The lowest BCUT2D eigenvalue weighted by Crippen LogP contribution is -2.38. The Balaban J connectivity index is 2.13. The Morgan fingerprint density at radius 3 is 2.55 bits per heavy atom. The first-order chi connectivity index (χ1) is 10.3. The Morgan fingerprint density at radius 2 is 1.95 bits per heavy atom. The number of sulfone groups is 1. The van der Waals surface area contributed by atoms with Gasteiger partial charge in [-0.2, -0.15) is 4.99 Å². The predicted molar refractivity (Wildman–Crippen MR) is 90.9 cm³/mol. The second kappa shape index (κ2) is 5.70. The molecule has 5 nitrogen and oxygen atoms in total. The summed E-state index contributed by atoms with van der Waals surface area (Å²) < 4.78 is 23.8. The van der Waals surface area contributed by atoms with E-state index in [2.05, 4.69) is 4.99 Å². The second-order valence-electron chi connectivity index (χ2n) is 5.15. The van der Waals surface area contributed by atoms with Gasteiger partial charge in [-0.25, -0.2) is 8.42 Å². The summed E-state index contributed by atoms with van der Waals surface area (Å²) in [5.41, 5.74) is 0.503. The molecule has 2 fully saturated rings. The van der Waals surface area contributed by atoms with Crippen LogP contribution in [0.3, 0.4) is 0 Å². The summed E-state index contributed by atoms with van der Waals surface area (Å²) in [7, 11) is -3.11. The lowest BCUT2D eigenvalue weighted by Gasteiger charge is -2.26. The molecular formula is C13H12Cl2N2O3S2. The van der Waals surface area contributed by atoms with Crippen molar-refractivity contribution in [3.63, 3.8) is 0 Å². The van der Waals surface area contributed by atoms with Crippen molar-refractivity contribution in [2.75, 3.05) is 16.4 Å². The molecule has 0 saturated carbocycles. The van der Waals surface area contributed by atoms with Crippen LogP contribution < -0.4 is 4.90 Å². The number of carbonyl (C=O) groups is 1. The van der Waals surface area contributed by atoms with E-state index in [1.807, 2.05) is 0 Å². The number of rotatable bonds is 1. The van der Waals surface area contributed by atoms with E-state index in [1.54, 1.807) is 23.1 Å². The van der Waals surface area contributed by atoms with Gasteiger partial charge in [-0.05, 0) is 12.1 Å². The molecule has 9 heteroatoms. The van der Waals surface area contributed by atoms with Crippen LogP contribution in [0.4, 0.5) is 5.69 Å². The standard InChI is InChI=1S/C13H12Cl2N2O3S2/c1-7(18)16-13-17(12-8(14)3-2-4-9(12)15)10-5-22(19,20)6-11(10)21-13/h2-4,10-11H,5-6H2,1H3/t10-,11-/m1/s1. The monoisotopic (exact) mass is 378 g/mol. The van der Waals surface area contributed by atoms with Gasteiger partial charge in [-0.3, -0.25) is 4.79 Å². The van der Waals surface area contributed by atoms with Gasteiger partial charge in [0.15, 0.2) is 15.0 Å². The maximum absolute atomic E-state index is 11.9. The van der Waals surface area contributed by atoms with Crippen molar-refractivity contribution < 1.29 is 13.2 Å². The highest BCUT2D eigenvalue weighted by molar-refractivity contribution is 8.16. The minimum absolute atomic E-state index is 0.00312. The number of halogens is 2. The maximum Gasteiger partial charge on any atom is 0.244 e. The number of amidine groups is 1. The Hall–Kier alpha value is -0.760. The third-order valence-electron chi connectivity index (χ3n) is 3.50. The number of nitrogens with zero attached hydrogens (tertiary/aromatic N) is 2. The number of anilines is 1. The van der Waals surface area contributed by atoms with Gasteiger partial charge >= 0.3 is 0 Å². The van der Waals surface area contributed by atoms with E-state index in [0.717, 1.165) is 0 Å². The number of para-hydroxylation sites is 1. The third-order valence-corrected chi connectivity index (χ3v) is 7.32. The summed E-state index contributed by atoms with van der Waals surface area (Å²) in [6.07, 6.45) is 0. The SMILES string of the molecule is CC(=O)N=C1S[C@@H]2CS(=O)(=O)C[C@H]2N1c1c(Cl)cccc1Cl. The van der Waals surface area contributed by atoms with Crippen molar-refractivity contribution in [1.29, 1.82) is 0 Å². The molecule has 0 aromatic heterocycles. The van der Waals surface area contributed by atoms with E-state index in [4.69, 9.17) is 23.2 Å². The average Bonchev–Trinajstić information content (AvgIpc) is 2.81. The number of hydrogen-bond acceptors (Lipinski definition) is 4. The number of aliphatic imine (C=N–C) groups is 1.